The average Bonchev–Trinajstić information content (AvgIpc) is 3.11. The molecule has 1 aliphatic rings. The maximum atomic E-state index is 13.0. The maximum absolute atomic E-state index is 13.0. The fourth-order valence-corrected chi connectivity index (χ4v) is 4.61. The van der Waals surface area contributed by atoms with Gasteiger partial charge in [-0.1, -0.05) is 13.0 Å². The molecule has 1 heterocycles. The molecule has 0 saturated carbocycles. The Hall–Kier alpha value is -1.36. The van der Waals surface area contributed by atoms with E-state index in [2.05, 4.69) is 5.32 Å². The summed E-state index contributed by atoms with van der Waals surface area (Å²) in [7, 11) is -3.85. The molecule has 27 heavy (non-hydrogen) atoms. The molecule has 1 aromatic carbocycles. The molecule has 11 heteroatoms. The Morgan fingerprint density at radius 2 is 2.07 bits per heavy atom. The number of carbonyl (C=O) groups excluding carboxylic acids is 1. The van der Waals surface area contributed by atoms with Crippen LogP contribution < -0.4 is 10.6 Å². The number of hydrogen-bond acceptors (Lipinski definition) is 4. The lowest BCUT2D eigenvalue weighted by atomic mass is 10.2. The molecule has 1 saturated heterocycles. The zero-order chi connectivity index (χ0) is 19.4. The standard InChI is InChI=1S/C16H22F3N3O3S.ClH/c1-2-8-22(13-6-7-20-10-13)26(24,25)14-5-3-4-12(9-14)15(23)21-11-16(17,18)19;/h3-5,9,13,20H,2,6-8,10-11H2,1H3,(H,21,23);1H. The van der Waals surface area contributed by atoms with Crippen molar-refractivity contribution in [1.82, 2.24) is 14.9 Å². The maximum Gasteiger partial charge on any atom is 0.405 e. The fraction of sp³-hybridized carbons (Fsp3) is 0.562. The van der Waals surface area contributed by atoms with Gasteiger partial charge in [0.25, 0.3) is 5.91 Å². The largest absolute Gasteiger partial charge is 0.405 e. The number of sulfonamides is 1. The van der Waals surface area contributed by atoms with Crippen molar-refractivity contribution in [3.05, 3.63) is 29.8 Å². The van der Waals surface area contributed by atoms with Crippen LogP contribution in [0.1, 0.15) is 30.1 Å². The lowest BCUT2D eigenvalue weighted by Gasteiger charge is -2.27. The molecule has 1 fully saturated rings. The van der Waals surface area contributed by atoms with Gasteiger partial charge in [-0.3, -0.25) is 4.79 Å². The van der Waals surface area contributed by atoms with Crippen LogP contribution in [0.25, 0.3) is 0 Å². The number of carbonyl (C=O) groups is 1. The van der Waals surface area contributed by atoms with E-state index in [0.717, 1.165) is 12.6 Å². The quantitative estimate of drug-likeness (QED) is 0.696. The third-order valence-electron chi connectivity index (χ3n) is 4.04. The summed E-state index contributed by atoms with van der Waals surface area (Å²) in [6.45, 7) is 1.99. The number of amides is 1. The predicted molar refractivity (Wildman–Crippen MR) is 97.5 cm³/mol. The number of alkyl halides is 3. The zero-order valence-corrected chi connectivity index (χ0v) is 16.4. The van der Waals surface area contributed by atoms with Crippen LogP contribution in [0.5, 0.6) is 0 Å². The van der Waals surface area contributed by atoms with Gasteiger partial charge in [-0.2, -0.15) is 17.5 Å². The van der Waals surface area contributed by atoms with Crippen LogP contribution in [-0.4, -0.2) is 57.0 Å². The molecule has 154 valence electrons. The monoisotopic (exact) mass is 429 g/mol. The van der Waals surface area contributed by atoms with Crippen molar-refractivity contribution in [3.63, 3.8) is 0 Å². The molecular formula is C16H23ClF3N3O3S. The molecule has 6 nitrogen and oxygen atoms in total. The highest BCUT2D eigenvalue weighted by atomic mass is 35.5. The van der Waals surface area contributed by atoms with Gasteiger partial charge in [0.2, 0.25) is 10.0 Å². The molecule has 0 bridgehead atoms. The predicted octanol–water partition coefficient (Wildman–Crippen LogP) is 2.16. The first kappa shape index (κ1) is 23.7. The number of halogens is 4. The Balaban J connectivity index is 0.00000364. The Labute approximate surface area is 163 Å². The first-order valence-electron chi connectivity index (χ1n) is 8.32. The van der Waals surface area contributed by atoms with Crippen LogP contribution in [0.15, 0.2) is 29.2 Å². The summed E-state index contributed by atoms with van der Waals surface area (Å²) in [6.07, 6.45) is -3.22. The van der Waals surface area contributed by atoms with Crippen molar-refractivity contribution in [2.45, 2.75) is 36.9 Å². The van der Waals surface area contributed by atoms with Crippen molar-refractivity contribution >= 4 is 28.3 Å². The van der Waals surface area contributed by atoms with Crippen LogP contribution in [0, 0.1) is 0 Å². The van der Waals surface area contributed by atoms with Crippen LogP contribution in [0.3, 0.4) is 0 Å². The highest BCUT2D eigenvalue weighted by Crippen LogP contribution is 2.22. The second-order valence-electron chi connectivity index (χ2n) is 6.09. The molecule has 0 aliphatic carbocycles. The summed E-state index contributed by atoms with van der Waals surface area (Å²) < 4.78 is 64.1. The van der Waals surface area contributed by atoms with Crippen molar-refractivity contribution in [2.24, 2.45) is 0 Å². The van der Waals surface area contributed by atoms with Gasteiger partial charge in [-0.15, -0.1) is 12.4 Å². The number of benzene rings is 1. The second kappa shape index (κ2) is 9.72. The number of rotatable bonds is 7. The Bertz CT molecular complexity index is 738. The second-order valence-corrected chi connectivity index (χ2v) is 7.98. The van der Waals surface area contributed by atoms with Gasteiger partial charge in [-0.25, -0.2) is 8.42 Å². The number of nitrogens with one attached hydrogen (secondary N) is 2. The van der Waals surface area contributed by atoms with E-state index in [-0.39, 0.29) is 28.9 Å². The summed E-state index contributed by atoms with van der Waals surface area (Å²) in [5, 5.41) is 4.86. The Morgan fingerprint density at radius 3 is 2.63 bits per heavy atom. The molecule has 0 radical (unpaired) electrons. The van der Waals surface area contributed by atoms with E-state index in [1.807, 2.05) is 6.92 Å². The molecule has 2 N–H and O–H groups in total. The van der Waals surface area contributed by atoms with Crippen molar-refractivity contribution < 1.29 is 26.4 Å². The molecule has 1 aliphatic heterocycles. The summed E-state index contributed by atoms with van der Waals surface area (Å²) in [5.74, 6) is -0.969. The molecule has 1 aromatic rings. The summed E-state index contributed by atoms with van der Waals surface area (Å²) >= 11 is 0. The van der Waals surface area contributed by atoms with E-state index in [9.17, 15) is 26.4 Å². The third kappa shape index (κ3) is 6.34. The molecule has 0 spiro atoms. The first-order valence-corrected chi connectivity index (χ1v) is 9.76. The van der Waals surface area contributed by atoms with E-state index in [0.29, 0.717) is 25.9 Å². The van der Waals surface area contributed by atoms with Gasteiger partial charge in [0.1, 0.15) is 6.54 Å². The third-order valence-corrected chi connectivity index (χ3v) is 5.99. The van der Waals surface area contributed by atoms with Crippen LogP contribution in [-0.2, 0) is 10.0 Å². The van der Waals surface area contributed by atoms with Gasteiger partial charge in [0.05, 0.1) is 4.90 Å². The van der Waals surface area contributed by atoms with E-state index in [4.69, 9.17) is 0 Å². The van der Waals surface area contributed by atoms with E-state index in [1.54, 1.807) is 5.32 Å². The summed E-state index contributed by atoms with van der Waals surface area (Å²) in [6, 6.07) is 4.92. The smallest absolute Gasteiger partial charge is 0.343 e. The fourth-order valence-electron chi connectivity index (χ4n) is 2.82. The molecule has 1 unspecified atom stereocenters. The van der Waals surface area contributed by atoms with E-state index < -0.39 is 28.7 Å². The van der Waals surface area contributed by atoms with Gasteiger partial charge in [-0.05, 0) is 37.6 Å². The lowest BCUT2D eigenvalue weighted by Crippen LogP contribution is -2.42. The Kier molecular flexibility index (Phi) is 8.52. The summed E-state index contributed by atoms with van der Waals surface area (Å²) in [4.78, 5) is 11.8. The lowest BCUT2D eigenvalue weighted by molar-refractivity contribution is -0.123. The van der Waals surface area contributed by atoms with Crippen LogP contribution in [0.2, 0.25) is 0 Å². The van der Waals surface area contributed by atoms with Crippen LogP contribution >= 0.6 is 12.4 Å². The zero-order valence-electron chi connectivity index (χ0n) is 14.8. The van der Waals surface area contributed by atoms with Gasteiger partial charge < -0.3 is 10.6 Å². The molecule has 1 atom stereocenters. The minimum atomic E-state index is -4.53. The molecule has 0 aromatic heterocycles. The number of nitrogens with zero attached hydrogens (tertiary/aromatic N) is 1. The molecular weight excluding hydrogens is 407 g/mol. The van der Waals surface area contributed by atoms with E-state index in [1.165, 1.54) is 22.5 Å². The SMILES string of the molecule is CCCN(C1CCNC1)S(=O)(=O)c1cccc(C(=O)NCC(F)(F)F)c1.Cl. The molecule has 1 amide bonds. The topological polar surface area (TPSA) is 78.5 Å². The van der Waals surface area contributed by atoms with Gasteiger partial charge in [0, 0.05) is 24.7 Å². The van der Waals surface area contributed by atoms with Gasteiger partial charge >= 0.3 is 6.18 Å². The molecule has 2 rings (SSSR count). The highest BCUT2D eigenvalue weighted by Gasteiger charge is 2.33. The van der Waals surface area contributed by atoms with Gasteiger partial charge in [0.15, 0.2) is 0 Å². The number of hydrogen-bond donors (Lipinski definition) is 2. The first-order chi connectivity index (χ1) is 12.1. The normalized spacial score (nSPS) is 17.6. The summed E-state index contributed by atoms with van der Waals surface area (Å²) in [5.41, 5.74) is -0.128. The van der Waals surface area contributed by atoms with Crippen LogP contribution in [0.4, 0.5) is 13.2 Å². The minimum absolute atomic E-state index is 0. The minimum Gasteiger partial charge on any atom is -0.343 e. The highest BCUT2D eigenvalue weighted by molar-refractivity contribution is 7.89. The van der Waals surface area contributed by atoms with Crippen molar-refractivity contribution in [1.29, 1.82) is 0 Å². The van der Waals surface area contributed by atoms with E-state index >= 15 is 0 Å². The van der Waals surface area contributed by atoms with Crippen molar-refractivity contribution in [2.75, 3.05) is 26.2 Å². The average molecular weight is 430 g/mol. The van der Waals surface area contributed by atoms with Crippen molar-refractivity contribution in [3.8, 4) is 0 Å². The Morgan fingerprint density at radius 1 is 1.37 bits per heavy atom.